The van der Waals surface area contributed by atoms with Gasteiger partial charge in [-0.15, -0.1) is 5.10 Å². The lowest BCUT2D eigenvalue weighted by Gasteiger charge is -2.19. The third-order valence-corrected chi connectivity index (χ3v) is 3.24. The molecule has 0 aliphatic heterocycles. The van der Waals surface area contributed by atoms with Crippen molar-refractivity contribution >= 4 is 0 Å². The molecule has 0 atom stereocenters. The molecule has 98 valence electrons. The highest BCUT2D eigenvalue weighted by Crippen LogP contribution is 2.22. The third kappa shape index (κ3) is 2.82. The summed E-state index contributed by atoms with van der Waals surface area (Å²) in [7, 11) is 0. The van der Waals surface area contributed by atoms with Crippen molar-refractivity contribution in [2.24, 2.45) is 0 Å². The van der Waals surface area contributed by atoms with Crippen LogP contribution in [0.2, 0.25) is 0 Å². The lowest BCUT2D eigenvalue weighted by Crippen LogP contribution is -2.11. The topological polar surface area (TPSA) is 54.5 Å². The fraction of sp³-hybridized carbons (Fsp3) is 0.400. The predicted octanol–water partition coefficient (Wildman–Crippen LogP) is 2.80. The Hall–Kier alpha value is -2.15. The fourth-order valence-corrected chi connectivity index (χ4v) is 1.90. The predicted molar refractivity (Wildman–Crippen MR) is 73.7 cm³/mol. The average molecular weight is 254 g/mol. The molecule has 0 fully saturated rings. The molecule has 0 N–H and O–H groups in total. The van der Waals surface area contributed by atoms with Crippen molar-refractivity contribution in [2.45, 2.75) is 39.7 Å². The van der Waals surface area contributed by atoms with Crippen LogP contribution in [0.1, 0.15) is 43.3 Å². The van der Waals surface area contributed by atoms with Crippen molar-refractivity contribution in [3.63, 3.8) is 0 Å². The first-order valence-electron chi connectivity index (χ1n) is 6.31. The maximum absolute atomic E-state index is 8.86. The van der Waals surface area contributed by atoms with Crippen LogP contribution in [0.4, 0.5) is 0 Å². The van der Waals surface area contributed by atoms with Gasteiger partial charge in [-0.1, -0.05) is 50.3 Å². The SMILES string of the molecule is Cc1c(C#N)nnn1Cc1ccc(C(C)(C)C)cc1. The van der Waals surface area contributed by atoms with Crippen molar-refractivity contribution in [3.8, 4) is 6.07 Å². The first kappa shape index (κ1) is 13.3. The molecule has 1 aromatic carbocycles. The lowest BCUT2D eigenvalue weighted by molar-refractivity contribution is 0.588. The quantitative estimate of drug-likeness (QED) is 0.828. The summed E-state index contributed by atoms with van der Waals surface area (Å²) in [5, 5.41) is 16.7. The monoisotopic (exact) mass is 254 g/mol. The number of nitrogens with zero attached hydrogens (tertiary/aromatic N) is 4. The summed E-state index contributed by atoms with van der Waals surface area (Å²) < 4.78 is 1.75. The Morgan fingerprint density at radius 3 is 2.32 bits per heavy atom. The molecule has 1 heterocycles. The second kappa shape index (κ2) is 4.85. The van der Waals surface area contributed by atoms with Crippen LogP contribution in [0.15, 0.2) is 24.3 Å². The standard InChI is InChI=1S/C15H18N4/c1-11-14(9-16)17-18-19(11)10-12-5-7-13(8-6-12)15(2,3)4/h5-8H,10H2,1-4H3. The summed E-state index contributed by atoms with van der Waals surface area (Å²) in [5.41, 5.74) is 3.83. The minimum atomic E-state index is 0.162. The highest BCUT2D eigenvalue weighted by atomic mass is 15.4. The van der Waals surface area contributed by atoms with Gasteiger partial charge in [0.05, 0.1) is 12.2 Å². The first-order valence-corrected chi connectivity index (χ1v) is 6.31. The van der Waals surface area contributed by atoms with Gasteiger partial charge in [0.1, 0.15) is 6.07 Å². The second-order valence-electron chi connectivity index (χ2n) is 5.74. The number of hydrogen-bond acceptors (Lipinski definition) is 3. The smallest absolute Gasteiger partial charge is 0.185 e. The zero-order chi connectivity index (χ0) is 14.0. The molecule has 0 bridgehead atoms. The van der Waals surface area contributed by atoms with E-state index in [1.807, 2.05) is 13.0 Å². The first-order chi connectivity index (χ1) is 8.91. The molecular formula is C15H18N4. The molecule has 1 aromatic heterocycles. The third-order valence-electron chi connectivity index (χ3n) is 3.24. The molecule has 2 aromatic rings. The molecule has 0 amide bonds. The van der Waals surface area contributed by atoms with Crippen LogP contribution in [-0.2, 0) is 12.0 Å². The van der Waals surface area contributed by atoms with Crippen LogP contribution in [-0.4, -0.2) is 15.0 Å². The summed E-state index contributed by atoms with van der Waals surface area (Å²) in [6, 6.07) is 10.5. The second-order valence-corrected chi connectivity index (χ2v) is 5.74. The zero-order valence-electron chi connectivity index (χ0n) is 11.8. The summed E-state index contributed by atoms with van der Waals surface area (Å²) in [6.45, 7) is 9.10. The molecule has 0 unspecified atom stereocenters. The number of rotatable bonds is 2. The van der Waals surface area contributed by atoms with Gasteiger partial charge in [0, 0.05) is 0 Å². The largest absolute Gasteiger partial charge is 0.244 e. The van der Waals surface area contributed by atoms with E-state index in [9.17, 15) is 0 Å². The molecule has 0 saturated carbocycles. The summed E-state index contributed by atoms with van der Waals surface area (Å²) in [4.78, 5) is 0. The molecule has 4 heteroatoms. The summed E-state index contributed by atoms with van der Waals surface area (Å²) in [5.74, 6) is 0. The minimum absolute atomic E-state index is 0.162. The van der Waals surface area contributed by atoms with E-state index in [1.54, 1.807) is 4.68 Å². The van der Waals surface area contributed by atoms with Gasteiger partial charge >= 0.3 is 0 Å². The van der Waals surface area contributed by atoms with Crippen LogP contribution in [0, 0.1) is 18.3 Å². The van der Waals surface area contributed by atoms with Gasteiger partial charge in [-0.3, -0.25) is 0 Å². The Morgan fingerprint density at radius 2 is 1.84 bits per heavy atom. The van der Waals surface area contributed by atoms with E-state index in [1.165, 1.54) is 5.56 Å². The van der Waals surface area contributed by atoms with Crippen LogP contribution < -0.4 is 0 Å². The van der Waals surface area contributed by atoms with Gasteiger partial charge in [-0.25, -0.2) is 4.68 Å². The molecular weight excluding hydrogens is 236 g/mol. The Labute approximate surface area is 113 Å². The van der Waals surface area contributed by atoms with E-state index in [-0.39, 0.29) is 5.41 Å². The summed E-state index contributed by atoms with van der Waals surface area (Å²) in [6.07, 6.45) is 0. The van der Waals surface area contributed by atoms with E-state index >= 15 is 0 Å². The molecule has 19 heavy (non-hydrogen) atoms. The van der Waals surface area contributed by atoms with E-state index < -0.39 is 0 Å². The molecule has 0 saturated heterocycles. The minimum Gasteiger partial charge on any atom is -0.244 e. The Bertz CT molecular complexity index is 609. The molecule has 0 spiro atoms. The summed E-state index contributed by atoms with van der Waals surface area (Å²) >= 11 is 0. The van der Waals surface area contributed by atoms with Crippen LogP contribution in [0.3, 0.4) is 0 Å². The van der Waals surface area contributed by atoms with Gasteiger partial charge in [-0.05, 0) is 23.5 Å². The van der Waals surface area contributed by atoms with E-state index in [0.717, 1.165) is 11.3 Å². The van der Waals surface area contributed by atoms with Crippen LogP contribution in [0.25, 0.3) is 0 Å². The van der Waals surface area contributed by atoms with Crippen molar-refractivity contribution in [1.29, 1.82) is 5.26 Å². The maximum atomic E-state index is 8.86. The fourth-order valence-electron chi connectivity index (χ4n) is 1.90. The number of benzene rings is 1. The molecule has 0 radical (unpaired) electrons. The van der Waals surface area contributed by atoms with Crippen molar-refractivity contribution in [3.05, 3.63) is 46.8 Å². The highest BCUT2D eigenvalue weighted by molar-refractivity contribution is 5.28. The normalized spacial score (nSPS) is 11.3. The van der Waals surface area contributed by atoms with Gasteiger partial charge in [-0.2, -0.15) is 5.26 Å². The number of aromatic nitrogens is 3. The van der Waals surface area contributed by atoms with Crippen molar-refractivity contribution in [2.75, 3.05) is 0 Å². The maximum Gasteiger partial charge on any atom is 0.185 e. The Morgan fingerprint density at radius 1 is 1.21 bits per heavy atom. The molecule has 4 nitrogen and oxygen atoms in total. The average Bonchev–Trinajstić information content (AvgIpc) is 2.70. The van der Waals surface area contributed by atoms with E-state index in [2.05, 4.69) is 55.3 Å². The number of nitriles is 1. The van der Waals surface area contributed by atoms with Gasteiger partial charge in [0.15, 0.2) is 5.69 Å². The number of hydrogen-bond donors (Lipinski definition) is 0. The Kier molecular flexibility index (Phi) is 3.39. The van der Waals surface area contributed by atoms with Gasteiger partial charge in [0.25, 0.3) is 0 Å². The molecule has 2 rings (SSSR count). The van der Waals surface area contributed by atoms with Gasteiger partial charge in [0.2, 0.25) is 0 Å². The van der Waals surface area contributed by atoms with Crippen LogP contribution >= 0.6 is 0 Å². The molecule has 0 aliphatic rings. The van der Waals surface area contributed by atoms with Gasteiger partial charge < -0.3 is 0 Å². The lowest BCUT2D eigenvalue weighted by atomic mass is 9.87. The van der Waals surface area contributed by atoms with E-state index in [0.29, 0.717) is 12.2 Å². The van der Waals surface area contributed by atoms with Crippen LogP contribution in [0.5, 0.6) is 0 Å². The van der Waals surface area contributed by atoms with E-state index in [4.69, 9.17) is 5.26 Å². The Balaban J connectivity index is 2.20. The van der Waals surface area contributed by atoms with Crippen molar-refractivity contribution in [1.82, 2.24) is 15.0 Å². The highest BCUT2D eigenvalue weighted by Gasteiger charge is 2.13. The molecule has 0 aliphatic carbocycles. The zero-order valence-corrected chi connectivity index (χ0v) is 11.8. The van der Waals surface area contributed by atoms with Crippen molar-refractivity contribution < 1.29 is 0 Å².